The molecule has 0 saturated carbocycles. The first-order valence-corrected chi connectivity index (χ1v) is 3.56. The zero-order valence-electron chi connectivity index (χ0n) is 6.24. The summed E-state index contributed by atoms with van der Waals surface area (Å²) in [5, 5.41) is 44.7. The first-order valence-electron chi connectivity index (χ1n) is 3.56. The van der Waals surface area contributed by atoms with Gasteiger partial charge >= 0.3 is 296 Å². The van der Waals surface area contributed by atoms with Crippen LogP contribution in [0.5, 0.6) is 0 Å². The normalized spacial score (nSPS) is 26.9. The molecule has 0 amide bonds. The first kappa shape index (κ1) is 63.5. The van der Waals surface area contributed by atoms with Gasteiger partial charge in [0.05, 0.1) is 6.61 Å². The van der Waals surface area contributed by atoms with Gasteiger partial charge in [-0.3, -0.25) is 0 Å². The van der Waals surface area contributed by atoms with Crippen LogP contribution in [0.1, 0.15) is 0 Å². The zero-order valence-corrected chi connectivity index (χ0v) is 6.24. The molecule has 1 aliphatic heterocycles. The molecule has 1 aliphatic rings. The van der Waals surface area contributed by atoms with E-state index in [4.69, 9.17) is 25.5 Å². The molecule has 0 radical (unpaired) electrons. The molecule has 1 heterocycles. The van der Waals surface area contributed by atoms with Crippen LogP contribution in [0, 0.1) is 0 Å². The van der Waals surface area contributed by atoms with E-state index in [0.717, 1.165) is 0 Å². The van der Waals surface area contributed by atoms with Crippen LogP contribution in [-0.2, 0) is 4.74 Å². The number of aliphatic hydroxyl groups excluding tert-OH is 5. The topological polar surface area (TPSA) is 110 Å². The SMILES string of the molecule is OC[C@H]1O[C@H](O)[C@H](O)[C@@H](O)[C@@H]1O.[NaH].[NaH].[NaH].[NaH].[NaH].[NaH].[NaH].[NaH].[NaH].[NaH]. The molecule has 1 saturated heterocycles. The van der Waals surface area contributed by atoms with Crippen molar-refractivity contribution >= 4 is 296 Å². The van der Waals surface area contributed by atoms with E-state index in [0.29, 0.717) is 0 Å². The van der Waals surface area contributed by atoms with E-state index in [1.807, 2.05) is 0 Å². The Kier molecular flexibility index (Phi) is 110. The van der Waals surface area contributed by atoms with Crippen LogP contribution in [0.3, 0.4) is 0 Å². The van der Waals surface area contributed by atoms with Crippen molar-refractivity contribution < 1.29 is 30.3 Å². The van der Waals surface area contributed by atoms with E-state index in [-0.39, 0.29) is 296 Å². The van der Waals surface area contributed by atoms with Crippen molar-refractivity contribution in [2.24, 2.45) is 0 Å². The Hall–Kier alpha value is 9.76. The molecule has 16 heteroatoms. The minimum atomic E-state index is -1.57. The fourth-order valence-corrected chi connectivity index (χ4v) is 1.08. The summed E-state index contributed by atoms with van der Waals surface area (Å²) in [5.74, 6) is 0. The predicted molar refractivity (Wildman–Crippen MR) is 107 cm³/mol. The molecule has 22 heavy (non-hydrogen) atoms. The Morgan fingerprint density at radius 2 is 0.864 bits per heavy atom. The second-order valence-electron chi connectivity index (χ2n) is 2.72. The van der Waals surface area contributed by atoms with Gasteiger partial charge in [-0.15, -0.1) is 0 Å². The predicted octanol–water partition coefficient (Wildman–Crippen LogP) is -9.71. The Bertz CT molecular complexity index is 168. The summed E-state index contributed by atoms with van der Waals surface area (Å²) in [6, 6.07) is 0. The van der Waals surface area contributed by atoms with Crippen LogP contribution in [0.4, 0.5) is 0 Å². The Balaban J connectivity index is -0.0000000180. The van der Waals surface area contributed by atoms with Crippen molar-refractivity contribution in [3.63, 3.8) is 0 Å². The Labute approximate surface area is 353 Å². The van der Waals surface area contributed by atoms with Gasteiger partial charge in [0.2, 0.25) is 0 Å². The van der Waals surface area contributed by atoms with E-state index in [1.165, 1.54) is 0 Å². The number of hydrogen-bond acceptors (Lipinski definition) is 6. The van der Waals surface area contributed by atoms with Crippen LogP contribution >= 0.6 is 0 Å². The van der Waals surface area contributed by atoms with Gasteiger partial charge in [0.15, 0.2) is 6.29 Å². The summed E-state index contributed by atoms with van der Waals surface area (Å²) in [6.45, 7) is -0.526. The molecule has 0 bridgehead atoms. The number of ether oxygens (including phenoxy) is 1. The van der Waals surface area contributed by atoms with Gasteiger partial charge in [0.25, 0.3) is 0 Å². The average molecular weight is 420 g/mol. The van der Waals surface area contributed by atoms with Gasteiger partial charge < -0.3 is 30.3 Å². The molecule has 1 fully saturated rings. The Morgan fingerprint density at radius 3 is 1.14 bits per heavy atom. The average Bonchev–Trinajstić information content (AvgIpc) is 2.08. The third-order valence-corrected chi connectivity index (χ3v) is 1.87. The molecule has 0 aromatic heterocycles. The molecule has 1 rings (SSSR count). The number of aliphatic hydroxyl groups is 5. The summed E-state index contributed by atoms with van der Waals surface area (Å²) in [5.41, 5.74) is 0. The number of hydrogen-bond donors (Lipinski definition) is 5. The maximum absolute atomic E-state index is 9.12. The van der Waals surface area contributed by atoms with Crippen molar-refractivity contribution in [1.29, 1.82) is 0 Å². The van der Waals surface area contributed by atoms with Gasteiger partial charge in [-0.2, -0.15) is 0 Å². The second-order valence-corrected chi connectivity index (χ2v) is 2.72. The van der Waals surface area contributed by atoms with Crippen LogP contribution in [-0.4, -0.2) is 358 Å². The van der Waals surface area contributed by atoms with Crippen LogP contribution in [0.15, 0.2) is 0 Å². The molecule has 6 nitrogen and oxygen atoms in total. The zero-order chi connectivity index (χ0) is 9.30. The van der Waals surface area contributed by atoms with E-state index in [2.05, 4.69) is 4.74 Å². The fraction of sp³-hybridized carbons (Fsp3) is 1.00. The summed E-state index contributed by atoms with van der Waals surface area (Å²) in [4.78, 5) is 0. The molecule has 0 spiro atoms. The maximum atomic E-state index is 9.12. The third-order valence-electron chi connectivity index (χ3n) is 1.87. The van der Waals surface area contributed by atoms with Crippen molar-refractivity contribution in [3.8, 4) is 0 Å². The second kappa shape index (κ2) is 38.0. The number of rotatable bonds is 1. The molecular weight excluding hydrogens is 398 g/mol. The standard InChI is InChI=1S/C6H12O6.10Na.10H/c7-1-2-3(8)4(9)5(10)6(11)12-2;;;;;;;;;;;;;;;;;;;;/h2-11H,1H2;;;;;;;;;;;;;;;;;;;;/t2-,3-,4+,5-,6+;;;;;;;;;;;;;;;;;;;;/m1..................../s1. The van der Waals surface area contributed by atoms with E-state index < -0.39 is 37.3 Å². The van der Waals surface area contributed by atoms with Gasteiger partial charge in [-0.05, 0) is 0 Å². The fourth-order valence-electron chi connectivity index (χ4n) is 1.08. The van der Waals surface area contributed by atoms with Crippen LogP contribution in [0.25, 0.3) is 0 Å². The van der Waals surface area contributed by atoms with E-state index >= 15 is 0 Å². The first-order chi connectivity index (χ1) is 5.57. The van der Waals surface area contributed by atoms with Crippen molar-refractivity contribution in [1.82, 2.24) is 0 Å². The minimum absolute atomic E-state index is 0. The summed E-state index contributed by atoms with van der Waals surface area (Å²) in [7, 11) is 0. The summed E-state index contributed by atoms with van der Waals surface area (Å²) >= 11 is 0. The Morgan fingerprint density at radius 1 is 0.545 bits per heavy atom. The molecule has 92 valence electrons. The van der Waals surface area contributed by atoms with E-state index in [1.54, 1.807) is 0 Å². The van der Waals surface area contributed by atoms with Crippen LogP contribution < -0.4 is 0 Å². The quantitative estimate of drug-likeness (QED) is 0.270. The van der Waals surface area contributed by atoms with Crippen molar-refractivity contribution in [3.05, 3.63) is 0 Å². The molecule has 0 aliphatic carbocycles. The van der Waals surface area contributed by atoms with Crippen molar-refractivity contribution in [2.75, 3.05) is 6.61 Å². The third kappa shape index (κ3) is 24.4. The monoisotopic (exact) mass is 420 g/mol. The van der Waals surface area contributed by atoms with E-state index in [9.17, 15) is 0 Å². The molecule has 5 N–H and O–H groups in total. The molecule has 0 aromatic carbocycles. The molecule has 5 atom stereocenters. The van der Waals surface area contributed by atoms with Gasteiger partial charge in [0.1, 0.15) is 24.4 Å². The van der Waals surface area contributed by atoms with Crippen LogP contribution in [0.2, 0.25) is 0 Å². The van der Waals surface area contributed by atoms with Gasteiger partial charge in [-0.1, -0.05) is 0 Å². The summed E-state index contributed by atoms with van der Waals surface area (Å²) < 4.78 is 4.58. The van der Waals surface area contributed by atoms with Gasteiger partial charge in [0, 0.05) is 0 Å². The molecule has 0 aromatic rings. The molecule has 0 unspecified atom stereocenters. The summed E-state index contributed by atoms with van der Waals surface area (Å²) in [6.07, 6.45) is -7.04. The van der Waals surface area contributed by atoms with Crippen molar-refractivity contribution in [2.45, 2.75) is 30.7 Å². The van der Waals surface area contributed by atoms with Gasteiger partial charge in [-0.25, -0.2) is 0 Å². The molecular formula is C6H22Na10O6.